The first-order chi connectivity index (χ1) is 8.33. The van der Waals surface area contributed by atoms with Crippen LogP contribution in [0.25, 0.3) is 5.65 Å². The van der Waals surface area contributed by atoms with Crippen LogP contribution in [0.3, 0.4) is 0 Å². The van der Waals surface area contributed by atoms with Gasteiger partial charge in [-0.2, -0.15) is 5.10 Å². The lowest BCUT2D eigenvalue weighted by Gasteiger charge is -2.09. The SMILES string of the molecule is O=C(Nc1cnc2ccnn2c1)[C@H]1CCCO1. The van der Waals surface area contributed by atoms with Crippen LogP contribution in [0.15, 0.2) is 24.7 Å². The van der Waals surface area contributed by atoms with Crippen LogP contribution in [-0.2, 0) is 9.53 Å². The van der Waals surface area contributed by atoms with E-state index in [9.17, 15) is 4.79 Å². The Morgan fingerprint density at radius 1 is 1.59 bits per heavy atom. The quantitative estimate of drug-likeness (QED) is 0.833. The number of nitrogens with zero attached hydrogens (tertiary/aromatic N) is 3. The van der Waals surface area contributed by atoms with Crippen LogP contribution in [0.1, 0.15) is 12.8 Å². The summed E-state index contributed by atoms with van der Waals surface area (Å²) in [5.74, 6) is -0.115. The second-order valence-electron chi connectivity index (χ2n) is 3.97. The van der Waals surface area contributed by atoms with Crippen LogP contribution in [-0.4, -0.2) is 33.2 Å². The minimum atomic E-state index is -0.330. The maximum absolute atomic E-state index is 11.8. The van der Waals surface area contributed by atoms with Crippen molar-refractivity contribution < 1.29 is 9.53 Å². The summed E-state index contributed by atoms with van der Waals surface area (Å²) in [6.07, 6.45) is 6.40. The molecule has 1 aliphatic rings. The fourth-order valence-electron chi connectivity index (χ4n) is 1.88. The topological polar surface area (TPSA) is 68.5 Å². The first kappa shape index (κ1) is 10.2. The molecule has 1 saturated heterocycles. The molecule has 2 aromatic heterocycles. The molecule has 0 saturated carbocycles. The fraction of sp³-hybridized carbons (Fsp3) is 0.364. The molecule has 17 heavy (non-hydrogen) atoms. The van der Waals surface area contributed by atoms with Crippen molar-refractivity contribution in [1.82, 2.24) is 14.6 Å². The van der Waals surface area contributed by atoms with Crippen LogP contribution in [0.5, 0.6) is 0 Å². The van der Waals surface area contributed by atoms with Crippen LogP contribution in [0.2, 0.25) is 0 Å². The van der Waals surface area contributed by atoms with Crippen LogP contribution in [0.4, 0.5) is 5.69 Å². The zero-order valence-electron chi connectivity index (χ0n) is 9.17. The fourth-order valence-corrected chi connectivity index (χ4v) is 1.88. The molecule has 0 aromatic carbocycles. The average molecular weight is 232 g/mol. The minimum absolute atomic E-state index is 0.115. The van der Waals surface area contributed by atoms with E-state index in [1.165, 1.54) is 0 Å². The van der Waals surface area contributed by atoms with Gasteiger partial charge in [-0.3, -0.25) is 4.79 Å². The van der Waals surface area contributed by atoms with Crippen molar-refractivity contribution in [3.8, 4) is 0 Å². The maximum atomic E-state index is 11.8. The molecule has 2 aromatic rings. The van der Waals surface area contributed by atoms with E-state index in [0.29, 0.717) is 12.3 Å². The molecule has 3 rings (SSSR count). The Labute approximate surface area is 97.6 Å². The molecular weight excluding hydrogens is 220 g/mol. The van der Waals surface area contributed by atoms with Gasteiger partial charge in [-0.1, -0.05) is 0 Å². The van der Waals surface area contributed by atoms with Crippen LogP contribution < -0.4 is 5.32 Å². The Bertz CT molecular complexity index is 545. The largest absolute Gasteiger partial charge is 0.368 e. The second-order valence-corrected chi connectivity index (χ2v) is 3.97. The van der Waals surface area contributed by atoms with Gasteiger partial charge in [-0.15, -0.1) is 0 Å². The first-order valence-electron chi connectivity index (χ1n) is 5.55. The summed E-state index contributed by atoms with van der Waals surface area (Å²) in [4.78, 5) is 16.0. The van der Waals surface area contributed by atoms with Gasteiger partial charge in [0.05, 0.1) is 24.3 Å². The number of ether oxygens (including phenoxy) is 1. The smallest absolute Gasteiger partial charge is 0.253 e. The number of hydrogen-bond donors (Lipinski definition) is 1. The number of nitrogens with one attached hydrogen (secondary N) is 1. The molecule has 0 spiro atoms. The van der Waals surface area contributed by atoms with Gasteiger partial charge in [0.15, 0.2) is 5.65 Å². The lowest BCUT2D eigenvalue weighted by atomic mass is 10.2. The van der Waals surface area contributed by atoms with Crippen molar-refractivity contribution in [2.75, 3.05) is 11.9 Å². The Balaban J connectivity index is 1.77. The number of rotatable bonds is 2. The van der Waals surface area contributed by atoms with Gasteiger partial charge in [0, 0.05) is 12.7 Å². The molecule has 0 radical (unpaired) electrons. The number of fused-ring (bicyclic) bond motifs is 1. The van der Waals surface area contributed by atoms with Crippen LogP contribution in [0, 0.1) is 0 Å². The number of amides is 1. The molecule has 6 nitrogen and oxygen atoms in total. The van der Waals surface area contributed by atoms with E-state index < -0.39 is 0 Å². The first-order valence-corrected chi connectivity index (χ1v) is 5.55. The number of carbonyl (C=O) groups is 1. The Morgan fingerprint density at radius 2 is 2.53 bits per heavy atom. The number of carbonyl (C=O) groups excluding carboxylic acids is 1. The Hall–Kier alpha value is -1.95. The van der Waals surface area contributed by atoms with E-state index in [-0.39, 0.29) is 12.0 Å². The van der Waals surface area contributed by atoms with E-state index in [2.05, 4.69) is 15.4 Å². The third-order valence-corrected chi connectivity index (χ3v) is 2.74. The summed E-state index contributed by atoms with van der Waals surface area (Å²) in [5.41, 5.74) is 1.38. The molecule has 0 unspecified atom stereocenters. The summed E-state index contributed by atoms with van der Waals surface area (Å²) in [6.45, 7) is 0.661. The second kappa shape index (κ2) is 4.14. The molecule has 3 heterocycles. The van der Waals surface area contributed by atoms with E-state index in [4.69, 9.17) is 4.74 Å². The van der Waals surface area contributed by atoms with Gasteiger partial charge in [0.2, 0.25) is 0 Å². The molecule has 1 aliphatic heterocycles. The van der Waals surface area contributed by atoms with Gasteiger partial charge in [0.1, 0.15) is 6.10 Å². The standard InChI is InChI=1S/C11H12N4O2/c16-11(9-2-1-5-17-9)14-8-6-12-10-3-4-13-15(10)7-8/h3-4,6-7,9H,1-2,5H2,(H,14,16)/t9-/m1/s1. The lowest BCUT2D eigenvalue weighted by Crippen LogP contribution is -2.27. The third-order valence-electron chi connectivity index (χ3n) is 2.74. The van der Waals surface area contributed by atoms with Gasteiger partial charge >= 0.3 is 0 Å². The van der Waals surface area contributed by atoms with Crippen molar-refractivity contribution in [2.24, 2.45) is 0 Å². The van der Waals surface area contributed by atoms with Crippen molar-refractivity contribution in [2.45, 2.75) is 18.9 Å². The van der Waals surface area contributed by atoms with E-state index in [1.807, 2.05) is 0 Å². The normalized spacial score (nSPS) is 19.6. The van der Waals surface area contributed by atoms with Gasteiger partial charge in [0.25, 0.3) is 5.91 Å². The molecule has 6 heteroatoms. The lowest BCUT2D eigenvalue weighted by molar-refractivity contribution is -0.124. The summed E-state index contributed by atoms with van der Waals surface area (Å²) in [6, 6.07) is 1.80. The van der Waals surface area contributed by atoms with Gasteiger partial charge in [-0.25, -0.2) is 9.50 Å². The van der Waals surface area contributed by atoms with Crippen molar-refractivity contribution >= 4 is 17.2 Å². The zero-order chi connectivity index (χ0) is 11.7. The van der Waals surface area contributed by atoms with E-state index in [1.54, 1.807) is 29.2 Å². The number of hydrogen-bond acceptors (Lipinski definition) is 4. The maximum Gasteiger partial charge on any atom is 0.253 e. The highest BCUT2D eigenvalue weighted by Gasteiger charge is 2.23. The molecule has 0 aliphatic carbocycles. The summed E-state index contributed by atoms with van der Waals surface area (Å²) < 4.78 is 6.92. The van der Waals surface area contributed by atoms with Crippen molar-refractivity contribution in [3.05, 3.63) is 24.7 Å². The van der Waals surface area contributed by atoms with Crippen molar-refractivity contribution in [3.63, 3.8) is 0 Å². The number of aromatic nitrogens is 3. The van der Waals surface area contributed by atoms with Gasteiger partial charge in [-0.05, 0) is 12.8 Å². The third kappa shape index (κ3) is 1.99. The predicted octanol–water partition coefficient (Wildman–Crippen LogP) is 0.847. The average Bonchev–Trinajstić information content (AvgIpc) is 2.99. The predicted molar refractivity (Wildman–Crippen MR) is 60.6 cm³/mol. The highest BCUT2D eigenvalue weighted by molar-refractivity contribution is 5.94. The summed E-state index contributed by atoms with van der Waals surface area (Å²) >= 11 is 0. The van der Waals surface area contributed by atoms with E-state index in [0.717, 1.165) is 18.5 Å². The zero-order valence-corrected chi connectivity index (χ0v) is 9.17. The summed E-state index contributed by atoms with van der Waals surface area (Å²) in [7, 11) is 0. The molecular formula is C11H12N4O2. The molecule has 0 bridgehead atoms. The summed E-state index contributed by atoms with van der Waals surface area (Å²) in [5, 5.41) is 6.83. The van der Waals surface area contributed by atoms with Gasteiger partial charge < -0.3 is 10.1 Å². The molecule has 88 valence electrons. The highest BCUT2D eigenvalue weighted by atomic mass is 16.5. The Kier molecular flexibility index (Phi) is 2.49. The highest BCUT2D eigenvalue weighted by Crippen LogP contribution is 2.14. The Morgan fingerprint density at radius 3 is 3.35 bits per heavy atom. The monoisotopic (exact) mass is 232 g/mol. The molecule has 1 fully saturated rings. The molecule has 1 atom stereocenters. The van der Waals surface area contributed by atoms with Crippen LogP contribution >= 0.6 is 0 Å². The minimum Gasteiger partial charge on any atom is -0.368 e. The number of anilines is 1. The molecule has 1 N–H and O–H groups in total. The molecule has 1 amide bonds. The van der Waals surface area contributed by atoms with E-state index >= 15 is 0 Å². The van der Waals surface area contributed by atoms with Crippen molar-refractivity contribution in [1.29, 1.82) is 0 Å².